The molecule has 1 heterocycles. The first-order chi connectivity index (χ1) is 9.97. The van der Waals surface area contributed by atoms with Crippen molar-refractivity contribution in [3.63, 3.8) is 0 Å². The molecule has 1 atom stereocenters. The lowest BCUT2D eigenvalue weighted by atomic mass is 10.0. The highest BCUT2D eigenvalue weighted by atomic mass is 79.9. The molecule has 0 aliphatic carbocycles. The van der Waals surface area contributed by atoms with Crippen molar-refractivity contribution >= 4 is 27.8 Å². The Hall–Kier alpha value is -1.43. The van der Waals surface area contributed by atoms with E-state index in [2.05, 4.69) is 22.9 Å². The summed E-state index contributed by atoms with van der Waals surface area (Å²) in [6.45, 7) is 3.17. The Balaban J connectivity index is 1.91. The van der Waals surface area contributed by atoms with Crippen LogP contribution in [0.15, 0.2) is 22.7 Å². The van der Waals surface area contributed by atoms with Crippen LogP contribution >= 0.6 is 15.9 Å². The molecule has 0 N–H and O–H groups in total. The standard InChI is InChI=1S/C15H17BrFNO3/c1-10-3-2-6-18(8-10)14(19)9-21-15(20)12-7-11(17)4-5-13(12)16/h4-5,7,10H,2-3,6,8-9H2,1H3. The summed E-state index contributed by atoms with van der Waals surface area (Å²) >= 11 is 3.16. The van der Waals surface area contributed by atoms with Crippen LogP contribution < -0.4 is 0 Å². The molecule has 1 unspecified atom stereocenters. The maximum Gasteiger partial charge on any atom is 0.339 e. The van der Waals surface area contributed by atoms with E-state index in [0.717, 1.165) is 18.9 Å². The molecular formula is C15H17BrFNO3. The number of ether oxygens (including phenoxy) is 1. The number of carbonyl (C=O) groups excluding carboxylic acids is 2. The number of halogens is 2. The van der Waals surface area contributed by atoms with E-state index in [-0.39, 0.29) is 18.1 Å². The van der Waals surface area contributed by atoms with E-state index >= 15 is 0 Å². The largest absolute Gasteiger partial charge is 0.452 e. The molecule has 0 aromatic heterocycles. The molecule has 1 aromatic rings. The van der Waals surface area contributed by atoms with Gasteiger partial charge in [-0.2, -0.15) is 0 Å². The summed E-state index contributed by atoms with van der Waals surface area (Å²) < 4.78 is 18.6. The third-order valence-corrected chi connectivity index (χ3v) is 4.18. The lowest BCUT2D eigenvalue weighted by Gasteiger charge is -2.30. The minimum atomic E-state index is -0.709. The molecular weight excluding hydrogens is 341 g/mol. The highest BCUT2D eigenvalue weighted by Gasteiger charge is 2.22. The van der Waals surface area contributed by atoms with Crippen LogP contribution in [-0.2, 0) is 9.53 Å². The molecule has 21 heavy (non-hydrogen) atoms. The summed E-state index contributed by atoms with van der Waals surface area (Å²) in [7, 11) is 0. The predicted molar refractivity (Wildman–Crippen MR) is 79.4 cm³/mol. The van der Waals surface area contributed by atoms with Crippen LogP contribution in [-0.4, -0.2) is 36.5 Å². The van der Waals surface area contributed by atoms with E-state index in [1.54, 1.807) is 4.90 Å². The van der Waals surface area contributed by atoms with Crippen LogP contribution in [0.25, 0.3) is 0 Å². The minimum absolute atomic E-state index is 0.0785. The maximum atomic E-state index is 13.1. The van der Waals surface area contributed by atoms with E-state index in [1.807, 2.05) is 0 Å². The average molecular weight is 358 g/mol. The van der Waals surface area contributed by atoms with Crippen molar-refractivity contribution in [2.24, 2.45) is 5.92 Å². The quantitative estimate of drug-likeness (QED) is 0.781. The normalized spacial score (nSPS) is 18.4. The molecule has 1 aromatic carbocycles. The Morgan fingerprint density at radius 1 is 1.48 bits per heavy atom. The summed E-state index contributed by atoms with van der Waals surface area (Å²) in [6, 6.07) is 3.75. The second-order valence-corrected chi connectivity index (χ2v) is 6.14. The first-order valence-electron chi connectivity index (χ1n) is 6.87. The molecule has 114 valence electrons. The number of benzene rings is 1. The summed E-state index contributed by atoms with van der Waals surface area (Å²) in [4.78, 5) is 25.6. The summed E-state index contributed by atoms with van der Waals surface area (Å²) in [6.07, 6.45) is 2.08. The van der Waals surface area contributed by atoms with Gasteiger partial charge in [-0.1, -0.05) is 6.92 Å². The van der Waals surface area contributed by atoms with Crippen LogP contribution in [0.3, 0.4) is 0 Å². The first kappa shape index (κ1) is 15.9. The zero-order chi connectivity index (χ0) is 15.4. The minimum Gasteiger partial charge on any atom is -0.452 e. The maximum absolute atomic E-state index is 13.1. The molecule has 6 heteroatoms. The molecule has 1 fully saturated rings. The Morgan fingerprint density at radius 3 is 2.95 bits per heavy atom. The number of nitrogens with zero attached hydrogens (tertiary/aromatic N) is 1. The number of hydrogen-bond acceptors (Lipinski definition) is 3. The molecule has 0 spiro atoms. The average Bonchev–Trinajstić information content (AvgIpc) is 2.47. The third kappa shape index (κ3) is 4.27. The Kier molecular flexibility index (Phi) is 5.33. The van der Waals surface area contributed by atoms with Gasteiger partial charge in [0.25, 0.3) is 5.91 Å². The van der Waals surface area contributed by atoms with Crippen LogP contribution in [0.4, 0.5) is 4.39 Å². The van der Waals surface area contributed by atoms with Gasteiger partial charge in [0.15, 0.2) is 6.61 Å². The SMILES string of the molecule is CC1CCCN(C(=O)COC(=O)c2cc(F)ccc2Br)C1. The van der Waals surface area contributed by atoms with Crippen molar-refractivity contribution < 1.29 is 18.7 Å². The molecule has 4 nitrogen and oxygen atoms in total. The first-order valence-corrected chi connectivity index (χ1v) is 7.66. The number of likely N-dealkylation sites (tertiary alicyclic amines) is 1. The van der Waals surface area contributed by atoms with Crippen molar-refractivity contribution in [3.05, 3.63) is 34.1 Å². The van der Waals surface area contributed by atoms with Crippen molar-refractivity contribution in [1.29, 1.82) is 0 Å². The fourth-order valence-electron chi connectivity index (χ4n) is 2.37. The van der Waals surface area contributed by atoms with Gasteiger partial charge in [0.05, 0.1) is 5.56 Å². The fourth-order valence-corrected chi connectivity index (χ4v) is 2.77. The summed E-state index contributed by atoms with van der Waals surface area (Å²) in [5.41, 5.74) is 0.0785. The molecule has 1 saturated heterocycles. The van der Waals surface area contributed by atoms with Gasteiger partial charge in [-0.3, -0.25) is 4.79 Å². The van der Waals surface area contributed by atoms with Gasteiger partial charge in [0, 0.05) is 17.6 Å². The molecule has 1 aliphatic heterocycles. The van der Waals surface area contributed by atoms with Gasteiger partial charge in [0.1, 0.15) is 5.82 Å². The Bertz CT molecular complexity index is 550. The van der Waals surface area contributed by atoms with Crippen molar-refractivity contribution in [3.8, 4) is 0 Å². The summed E-state index contributed by atoms with van der Waals surface area (Å²) in [5.74, 6) is -0.973. The molecule has 0 bridgehead atoms. The van der Waals surface area contributed by atoms with E-state index in [9.17, 15) is 14.0 Å². The lowest BCUT2D eigenvalue weighted by molar-refractivity contribution is -0.136. The fraction of sp³-hybridized carbons (Fsp3) is 0.467. The molecule has 2 rings (SSSR count). The smallest absolute Gasteiger partial charge is 0.339 e. The second-order valence-electron chi connectivity index (χ2n) is 5.29. The third-order valence-electron chi connectivity index (χ3n) is 3.48. The van der Waals surface area contributed by atoms with Gasteiger partial charge in [-0.25, -0.2) is 9.18 Å². The number of carbonyl (C=O) groups is 2. The van der Waals surface area contributed by atoms with Crippen molar-refractivity contribution in [1.82, 2.24) is 4.90 Å². The highest BCUT2D eigenvalue weighted by Crippen LogP contribution is 2.19. The van der Waals surface area contributed by atoms with Crippen molar-refractivity contribution in [2.45, 2.75) is 19.8 Å². The van der Waals surface area contributed by atoms with Crippen LogP contribution in [0.2, 0.25) is 0 Å². The molecule has 0 saturated carbocycles. The second kappa shape index (κ2) is 7.02. The molecule has 1 amide bonds. The van der Waals surface area contributed by atoms with Gasteiger partial charge < -0.3 is 9.64 Å². The van der Waals surface area contributed by atoms with Gasteiger partial charge in [-0.05, 0) is 52.9 Å². The number of hydrogen-bond donors (Lipinski definition) is 0. The zero-order valence-electron chi connectivity index (χ0n) is 11.8. The molecule has 0 radical (unpaired) electrons. The number of esters is 1. The van der Waals surface area contributed by atoms with E-state index in [0.29, 0.717) is 23.5 Å². The van der Waals surface area contributed by atoms with Crippen LogP contribution in [0.1, 0.15) is 30.1 Å². The number of rotatable bonds is 3. The van der Waals surface area contributed by atoms with E-state index < -0.39 is 11.8 Å². The monoisotopic (exact) mass is 357 g/mol. The zero-order valence-corrected chi connectivity index (χ0v) is 13.4. The van der Waals surface area contributed by atoms with Crippen molar-refractivity contribution in [2.75, 3.05) is 19.7 Å². The van der Waals surface area contributed by atoms with Crippen LogP contribution in [0.5, 0.6) is 0 Å². The summed E-state index contributed by atoms with van der Waals surface area (Å²) in [5, 5.41) is 0. The molecule has 1 aliphatic rings. The highest BCUT2D eigenvalue weighted by molar-refractivity contribution is 9.10. The van der Waals surface area contributed by atoms with Gasteiger partial charge in [0.2, 0.25) is 0 Å². The lowest BCUT2D eigenvalue weighted by Crippen LogP contribution is -2.41. The topological polar surface area (TPSA) is 46.6 Å². The van der Waals surface area contributed by atoms with E-state index in [1.165, 1.54) is 12.1 Å². The Morgan fingerprint density at radius 2 is 2.24 bits per heavy atom. The van der Waals surface area contributed by atoms with Gasteiger partial charge >= 0.3 is 5.97 Å². The van der Waals surface area contributed by atoms with Crippen LogP contribution in [0, 0.1) is 11.7 Å². The predicted octanol–water partition coefficient (Wildman–Crippen LogP) is 3.00. The van der Waals surface area contributed by atoms with E-state index in [4.69, 9.17) is 4.74 Å². The number of piperidine rings is 1. The Labute approximate surface area is 131 Å². The van der Waals surface area contributed by atoms with Gasteiger partial charge in [-0.15, -0.1) is 0 Å². The number of amides is 1.